The Hall–Kier alpha value is -1.22. The zero-order valence-electron chi connectivity index (χ0n) is 27.9. The lowest BCUT2D eigenvalue weighted by molar-refractivity contribution is -0.251. The highest BCUT2D eigenvalue weighted by Gasteiger charge is 2.72. The Morgan fingerprint density at radius 3 is 2.21 bits per heavy atom. The standard InChI is InChI=1S/C35H59NO7/c1-30(2)23-12-17-33(6)24(32(23,5)15-13-25(30)42-29(40)21(36)9-10-27(38)39)19-22(37)28-20(11-16-34(28,33)7)35(8)18-14-26(43-35)31(3,4)41/h20-26,28,37,41H,9-19,36H2,1-8H3,(H,38,39)/t20-,21-,22+,23-,24+,25-,26+,28-,32-,33+,34+,35-/m0/s1. The minimum absolute atomic E-state index is 0.00234. The Kier molecular flexibility index (Phi) is 8.22. The van der Waals surface area contributed by atoms with E-state index in [2.05, 4.69) is 41.5 Å². The summed E-state index contributed by atoms with van der Waals surface area (Å²) in [6, 6.07) is -0.931. The van der Waals surface area contributed by atoms with Crippen molar-refractivity contribution in [3.63, 3.8) is 0 Å². The van der Waals surface area contributed by atoms with E-state index in [0.29, 0.717) is 11.8 Å². The molecule has 8 heteroatoms. The fraction of sp³-hybridized carbons (Fsp3) is 0.943. The first-order valence-corrected chi connectivity index (χ1v) is 17.0. The van der Waals surface area contributed by atoms with Crippen molar-refractivity contribution in [3.05, 3.63) is 0 Å². The van der Waals surface area contributed by atoms with Crippen molar-refractivity contribution in [2.24, 2.45) is 51.1 Å². The molecular formula is C35H59NO7. The monoisotopic (exact) mass is 605 g/mol. The van der Waals surface area contributed by atoms with Gasteiger partial charge >= 0.3 is 11.9 Å². The van der Waals surface area contributed by atoms with E-state index in [0.717, 1.165) is 57.8 Å². The zero-order chi connectivity index (χ0) is 32.0. The number of hydrogen-bond donors (Lipinski definition) is 4. The molecule has 0 bridgehead atoms. The molecule has 43 heavy (non-hydrogen) atoms. The van der Waals surface area contributed by atoms with Gasteiger partial charge in [-0.05, 0) is 125 Å². The third-order valence-corrected chi connectivity index (χ3v) is 14.4. The van der Waals surface area contributed by atoms with E-state index >= 15 is 0 Å². The molecule has 0 radical (unpaired) electrons. The molecule has 1 saturated heterocycles. The van der Waals surface area contributed by atoms with Crippen LogP contribution in [0.15, 0.2) is 0 Å². The number of nitrogens with two attached hydrogens (primary N) is 1. The zero-order valence-corrected chi connectivity index (χ0v) is 27.9. The van der Waals surface area contributed by atoms with Gasteiger partial charge < -0.3 is 30.5 Å². The first kappa shape index (κ1) is 33.2. The summed E-state index contributed by atoms with van der Waals surface area (Å²) in [7, 11) is 0. The van der Waals surface area contributed by atoms with Gasteiger partial charge in [-0.15, -0.1) is 0 Å². The number of esters is 1. The first-order valence-electron chi connectivity index (χ1n) is 17.0. The van der Waals surface area contributed by atoms with Gasteiger partial charge in [-0.25, -0.2) is 0 Å². The van der Waals surface area contributed by atoms with E-state index in [4.69, 9.17) is 20.3 Å². The molecule has 8 nitrogen and oxygen atoms in total. The number of carbonyl (C=O) groups is 2. The van der Waals surface area contributed by atoms with Crippen molar-refractivity contribution < 1.29 is 34.4 Å². The summed E-state index contributed by atoms with van der Waals surface area (Å²) in [4.78, 5) is 23.9. The highest BCUT2D eigenvalue weighted by Crippen LogP contribution is 2.76. The number of rotatable bonds is 7. The van der Waals surface area contributed by atoms with E-state index in [9.17, 15) is 19.8 Å². The summed E-state index contributed by atoms with van der Waals surface area (Å²) >= 11 is 0. The van der Waals surface area contributed by atoms with Gasteiger partial charge in [-0.2, -0.15) is 0 Å². The van der Waals surface area contributed by atoms with Crippen LogP contribution in [0.2, 0.25) is 0 Å². The SMILES string of the molecule is CC(C)(O)[C@H]1CC[C@@](C)([C@H]2CC[C@]3(C)[C@@H]2[C@H](O)C[C@@H]2[C@@]4(C)CC[C@H](OC(=O)[C@@H](N)CCC(=O)O)C(C)(C)[C@@H]4CC[C@]23C)O1. The van der Waals surface area contributed by atoms with Crippen LogP contribution in [0.25, 0.3) is 0 Å². The van der Waals surface area contributed by atoms with Crippen LogP contribution in [-0.2, 0) is 19.1 Å². The number of aliphatic carboxylic acids is 1. The number of aliphatic hydroxyl groups is 2. The summed E-state index contributed by atoms with van der Waals surface area (Å²) in [5.74, 6) is -0.364. The van der Waals surface area contributed by atoms with E-state index < -0.39 is 29.7 Å². The molecule has 4 aliphatic carbocycles. The highest BCUT2D eigenvalue weighted by atomic mass is 16.5. The molecule has 246 valence electrons. The Labute approximate surface area is 258 Å². The van der Waals surface area contributed by atoms with Gasteiger partial charge in [0.2, 0.25) is 0 Å². The number of carboxylic acid groups (broad SMARTS) is 1. The van der Waals surface area contributed by atoms with Gasteiger partial charge in [0.25, 0.3) is 0 Å². The molecule has 5 rings (SSSR count). The lowest BCUT2D eigenvalue weighted by Crippen LogP contribution is -2.66. The summed E-state index contributed by atoms with van der Waals surface area (Å²) in [5, 5.41) is 31.8. The van der Waals surface area contributed by atoms with E-state index in [1.54, 1.807) is 0 Å². The predicted molar refractivity (Wildman–Crippen MR) is 164 cm³/mol. The topological polar surface area (TPSA) is 139 Å². The molecule has 5 aliphatic rings. The number of carboxylic acids is 1. The molecule has 5 fully saturated rings. The molecule has 1 heterocycles. The summed E-state index contributed by atoms with van der Waals surface area (Å²) in [5.41, 5.74) is 4.59. The van der Waals surface area contributed by atoms with Gasteiger partial charge in [-0.1, -0.05) is 34.6 Å². The Morgan fingerprint density at radius 1 is 0.953 bits per heavy atom. The lowest BCUT2D eigenvalue weighted by atomic mass is 9.35. The van der Waals surface area contributed by atoms with E-state index in [-0.39, 0.29) is 64.1 Å². The van der Waals surface area contributed by atoms with Gasteiger partial charge in [0.05, 0.1) is 23.4 Å². The third kappa shape index (κ3) is 5.09. The van der Waals surface area contributed by atoms with Crippen molar-refractivity contribution >= 4 is 11.9 Å². The van der Waals surface area contributed by atoms with Crippen LogP contribution in [0.4, 0.5) is 0 Å². The Balaban J connectivity index is 1.37. The lowest BCUT2D eigenvalue weighted by Gasteiger charge is -2.70. The maximum absolute atomic E-state index is 12.9. The molecular weight excluding hydrogens is 546 g/mol. The average Bonchev–Trinajstić information content (AvgIpc) is 3.48. The summed E-state index contributed by atoms with van der Waals surface area (Å²) < 4.78 is 12.7. The molecule has 4 saturated carbocycles. The summed E-state index contributed by atoms with van der Waals surface area (Å²) in [6.45, 7) is 17.8. The highest BCUT2D eigenvalue weighted by molar-refractivity contribution is 5.77. The van der Waals surface area contributed by atoms with Crippen LogP contribution >= 0.6 is 0 Å². The van der Waals surface area contributed by atoms with Crippen molar-refractivity contribution in [1.82, 2.24) is 0 Å². The van der Waals surface area contributed by atoms with Crippen molar-refractivity contribution in [1.29, 1.82) is 0 Å². The van der Waals surface area contributed by atoms with Crippen LogP contribution in [0.5, 0.6) is 0 Å². The van der Waals surface area contributed by atoms with Crippen LogP contribution < -0.4 is 5.73 Å². The van der Waals surface area contributed by atoms with Gasteiger partial charge in [-0.3, -0.25) is 9.59 Å². The minimum Gasteiger partial charge on any atom is -0.481 e. The van der Waals surface area contributed by atoms with E-state index in [1.165, 1.54) is 0 Å². The second-order valence-corrected chi connectivity index (χ2v) is 17.4. The molecule has 0 aromatic carbocycles. The molecule has 5 N–H and O–H groups in total. The molecule has 0 aromatic rings. The quantitative estimate of drug-likeness (QED) is 0.281. The Morgan fingerprint density at radius 2 is 1.60 bits per heavy atom. The number of carbonyl (C=O) groups excluding carboxylic acids is 1. The number of ether oxygens (including phenoxy) is 2. The van der Waals surface area contributed by atoms with Gasteiger partial charge in [0.1, 0.15) is 12.1 Å². The number of hydrogen-bond acceptors (Lipinski definition) is 7. The fourth-order valence-electron chi connectivity index (χ4n) is 11.9. The molecule has 0 amide bonds. The molecule has 1 aliphatic heterocycles. The first-order chi connectivity index (χ1) is 19.7. The second kappa shape index (κ2) is 10.7. The van der Waals surface area contributed by atoms with Crippen LogP contribution in [0, 0.1) is 45.3 Å². The Bertz CT molecular complexity index is 1100. The fourth-order valence-corrected chi connectivity index (χ4v) is 11.9. The van der Waals surface area contributed by atoms with Crippen molar-refractivity contribution in [3.8, 4) is 0 Å². The molecule has 0 aromatic heterocycles. The summed E-state index contributed by atoms with van der Waals surface area (Å²) in [6.07, 6.45) is 7.54. The molecule has 0 spiro atoms. The maximum Gasteiger partial charge on any atom is 0.323 e. The van der Waals surface area contributed by atoms with E-state index in [1.807, 2.05) is 13.8 Å². The average molecular weight is 606 g/mol. The molecule has 12 atom stereocenters. The molecule has 0 unspecified atom stereocenters. The second-order valence-electron chi connectivity index (χ2n) is 17.4. The van der Waals surface area contributed by atoms with Crippen LogP contribution in [0.3, 0.4) is 0 Å². The van der Waals surface area contributed by atoms with Crippen molar-refractivity contribution in [2.75, 3.05) is 0 Å². The normalized spacial score (nSPS) is 48.1. The van der Waals surface area contributed by atoms with Crippen LogP contribution in [0.1, 0.15) is 126 Å². The maximum atomic E-state index is 12.9. The van der Waals surface area contributed by atoms with Crippen LogP contribution in [-0.4, -0.2) is 62.8 Å². The third-order valence-electron chi connectivity index (χ3n) is 14.4. The minimum atomic E-state index is -0.968. The largest absolute Gasteiger partial charge is 0.481 e. The predicted octanol–water partition coefficient (Wildman–Crippen LogP) is 5.45. The van der Waals surface area contributed by atoms with Gasteiger partial charge in [0.15, 0.2) is 0 Å². The smallest absolute Gasteiger partial charge is 0.323 e. The van der Waals surface area contributed by atoms with Gasteiger partial charge in [0, 0.05) is 11.8 Å². The van der Waals surface area contributed by atoms with Crippen molar-refractivity contribution in [2.45, 2.75) is 162 Å². The number of fused-ring (bicyclic) bond motifs is 5. The number of aliphatic hydroxyl groups excluding tert-OH is 1.